The van der Waals surface area contributed by atoms with Crippen LogP contribution in [-0.2, 0) is 13.1 Å². The predicted molar refractivity (Wildman–Crippen MR) is 99.1 cm³/mol. The number of pyridine rings is 1. The molecule has 6 heteroatoms. The molecule has 3 rings (SSSR count). The quantitative estimate of drug-likeness (QED) is 0.579. The lowest BCUT2D eigenvalue weighted by molar-refractivity contribution is 0.405. The highest BCUT2D eigenvalue weighted by atomic mass is 32.2. The molecule has 2 heterocycles. The molecule has 0 amide bonds. The van der Waals surface area contributed by atoms with E-state index in [4.69, 9.17) is 4.74 Å². The fourth-order valence-electron chi connectivity index (χ4n) is 2.67. The van der Waals surface area contributed by atoms with E-state index >= 15 is 0 Å². The number of hydrogen-bond acceptors (Lipinski definition) is 5. The Labute approximate surface area is 151 Å². The fraction of sp³-hybridized carbons (Fsp3) is 0.211. The molecule has 0 atom stereocenters. The number of nitrogens with zero attached hydrogens (tertiary/aromatic N) is 3. The molecule has 25 heavy (non-hydrogen) atoms. The summed E-state index contributed by atoms with van der Waals surface area (Å²) in [5.41, 5.74) is 3.15. The molecular formula is C19H19N3O2S. The van der Waals surface area contributed by atoms with Crippen molar-refractivity contribution in [3.05, 3.63) is 76.6 Å². The van der Waals surface area contributed by atoms with E-state index in [1.54, 1.807) is 31.3 Å². The lowest BCUT2D eigenvalue weighted by atomic mass is 10.2. The number of nitroso groups, excluding NO2 is 1. The highest BCUT2D eigenvalue weighted by Crippen LogP contribution is 2.37. The van der Waals surface area contributed by atoms with Gasteiger partial charge in [0.1, 0.15) is 12.3 Å². The van der Waals surface area contributed by atoms with Crippen molar-refractivity contribution in [1.82, 2.24) is 9.55 Å². The molecule has 0 saturated heterocycles. The first-order valence-electron chi connectivity index (χ1n) is 7.91. The van der Waals surface area contributed by atoms with Gasteiger partial charge >= 0.3 is 0 Å². The van der Waals surface area contributed by atoms with Gasteiger partial charge in [0, 0.05) is 24.6 Å². The molecular weight excluding hydrogens is 334 g/mol. The smallest absolute Gasteiger partial charge is 0.132 e. The second kappa shape index (κ2) is 7.98. The minimum atomic E-state index is 0.175. The van der Waals surface area contributed by atoms with Crippen molar-refractivity contribution in [3.63, 3.8) is 0 Å². The molecule has 1 aromatic carbocycles. The maximum Gasteiger partial charge on any atom is 0.132 e. The van der Waals surface area contributed by atoms with Crippen molar-refractivity contribution in [2.45, 2.75) is 29.9 Å². The van der Waals surface area contributed by atoms with Crippen LogP contribution in [-0.4, -0.2) is 16.7 Å². The highest BCUT2D eigenvalue weighted by molar-refractivity contribution is 7.99. The molecule has 0 unspecified atom stereocenters. The number of rotatable bonds is 7. The third kappa shape index (κ3) is 3.91. The number of aromatic nitrogens is 2. The summed E-state index contributed by atoms with van der Waals surface area (Å²) in [7, 11) is 1.67. The first-order valence-corrected chi connectivity index (χ1v) is 8.72. The van der Waals surface area contributed by atoms with Crippen LogP contribution in [0.5, 0.6) is 5.75 Å². The van der Waals surface area contributed by atoms with Crippen LogP contribution in [0.25, 0.3) is 0 Å². The molecule has 0 saturated carbocycles. The van der Waals surface area contributed by atoms with Gasteiger partial charge in [-0.2, -0.15) is 4.91 Å². The van der Waals surface area contributed by atoms with Crippen LogP contribution in [0.15, 0.2) is 70.0 Å². The van der Waals surface area contributed by atoms with E-state index < -0.39 is 0 Å². The number of benzene rings is 1. The van der Waals surface area contributed by atoms with Gasteiger partial charge in [-0.05, 0) is 48.4 Å². The lowest BCUT2D eigenvalue weighted by Gasteiger charge is -2.13. The first kappa shape index (κ1) is 17.2. The summed E-state index contributed by atoms with van der Waals surface area (Å²) in [6.45, 7) is 2.91. The Balaban J connectivity index is 1.99. The summed E-state index contributed by atoms with van der Waals surface area (Å²) in [5, 5.41) is 4.11. The van der Waals surface area contributed by atoms with Crippen molar-refractivity contribution in [3.8, 4) is 5.75 Å². The van der Waals surface area contributed by atoms with Crippen LogP contribution in [0, 0.1) is 11.8 Å². The molecule has 128 valence electrons. The molecule has 0 aliphatic heterocycles. The van der Waals surface area contributed by atoms with Gasteiger partial charge in [0.05, 0.1) is 17.0 Å². The van der Waals surface area contributed by atoms with Crippen LogP contribution in [0.3, 0.4) is 0 Å². The molecule has 0 aliphatic carbocycles. The van der Waals surface area contributed by atoms with Crippen LogP contribution in [0.2, 0.25) is 0 Å². The van der Waals surface area contributed by atoms with Gasteiger partial charge in [-0.3, -0.25) is 4.98 Å². The molecule has 0 N–H and O–H groups in total. The van der Waals surface area contributed by atoms with Crippen LogP contribution in [0.1, 0.15) is 16.8 Å². The van der Waals surface area contributed by atoms with Gasteiger partial charge in [-0.15, -0.1) is 0 Å². The van der Waals surface area contributed by atoms with Gasteiger partial charge in [-0.1, -0.05) is 29.1 Å². The van der Waals surface area contributed by atoms with Gasteiger partial charge in [0.25, 0.3) is 0 Å². The Bertz CT molecular complexity index is 862. The Hall–Kier alpha value is -2.60. The van der Waals surface area contributed by atoms with Gasteiger partial charge in [0.15, 0.2) is 0 Å². The average Bonchev–Trinajstić information content (AvgIpc) is 2.92. The SMILES string of the molecule is COc1ccccc1Sc1cc(CN=O)c(C)n1Cc1ccncc1. The highest BCUT2D eigenvalue weighted by Gasteiger charge is 2.15. The summed E-state index contributed by atoms with van der Waals surface area (Å²) in [5.74, 6) is 0.830. The van der Waals surface area contributed by atoms with Crippen molar-refractivity contribution in [1.29, 1.82) is 0 Å². The van der Waals surface area contributed by atoms with E-state index in [0.29, 0.717) is 6.54 Å². The number of hydrogen-bond donors (Lipinski definition) is 0. The Kier molecular flexibility index (Phi) is 5.50. The summed E-state index contributed by atoms with van der Waals surface area (Å²) in [6, 6.07) is 13.9. The van der Waals surface area contributed by atoms with Gasteiger partial charge in [0.2, 0.25) is 0 Å². The van der Waals surface area contributed by atoms with E-state index in [1.807, 2.05) is 49.4 Å². The van der Waals surface area contributed by atoms with Gasteiger partial charge < -0.3 is 9.30 Å². The Morgan fingerprint density at radius 1 is 1.20 bits per heavy atom. The molecule has 0 bridgehead atoms. The summed E-state index contributed by atoms with van der Waals surface area (Å²) in [4.78, 5) is 15.9. The van der Waals surface area contributed by atoms with Crippen molar-refractivity contribution < 1.29 is 4.74 Å². The summed E-state index contributed by atoms with van der Waals surface area (Å²) < 4.78 is 7.65. The topological polar surface area (TPSA) is 56.5 Å². The molecule has 5 nitrogen and oxygen atoms in total. The van der Waals surface area contributed by atoms with E-state index in [0.717, 1.165) is 32.5 Å². The zero-order chi connectivity index (χ0) is 17.6. The third-order valence-corrected chi connectivity index (χ3v) is 5.15. The molecule has 0 fully saturated rings. The summed E-state index contributed by atoms with van der Waals surface area (Å²) in [6.07, 6.45) is 3.57. The second-order valence-electron chi connectivity index (χ2n) is 5.57. The Morgan fingerprint density at radius 2 is 1.96 bits per heavy atom. The standard InChI is InChI=1S/C19H19N3O2S/c1-14-16(12-21-23)11-19(22(14)13-15-7-9-20-10-8-15)25-18-6-4-3-5-17(18)24-2/h3-11H,12-13H2,1-2H3. The summed E-state index contributed by atoms with van der Waals surface area (Å²) >= 11 is 1.62. The molecule has 2 aromatic heterocycles. The maximum atomic E-state index is 10.8. The van der Waals surface area contributed by atoms with Crippen molar-refractivity contribution >= 4 is 11.8 Å². The Morgan fingerprint density at radius 3 is 2.68 bits per heavy atom. The molecule has 3 aromatic rings. The average molecular weight is 353 g/mol. The monoisotopic (exact) mass is 353 g/mol. The van der Waals surface area contributed by atoms with Crippen LogP contribution < -0.4 is 4.74 Å². The largest absolute Gasteiger partial charge is 0.496 e. The third-order valence-electron chi connectivity index (χ3n) is 4.04. The lowest BCUT2D eigenvalue weighted by Crippen LogP contribution is -2.04. The minimum Gasteiger partial charge on any atom is -0.496 e. The number of para-hydroxylation sites is 1. The zero-order valence-electron chi connectivity index (χ0n) is 14.2. The minimum absolute atomic E-state index is 0.175. The van der Waals surface area contributed by atoms with E-state index in [2.05, 4.69) is 14.7 Å². The molecule has 0 spiro atoms. The predicted octanol–water partition coefficient (Wildman–Crippen LogP) is 4.67. The maximum absolute atomic E-state index is 10.8. The fourth-order valence-corrected chi connectivity index (χ4v) is 3.80. The first-order chi connectivity index (χ1) is 12.2. The van der Waals surface area contributed by atoms with E-state index in [-0.39, 0.29) is 6.54 Å². The second-order valence-corrected chi connectivity index (χ2v) is 6.64. The van der Waals surface area contributed by atoms with E-state index in [1.165, 1.54) is 0 Å². The van der Waals surface area contributed by atoms with Crippen molar-refractivity contribution in [2.75, 3.05) is 7.11 Å². The van der Waals surface area contributed by atoms with E-state index in [9.17, 15) is 4.91 Å². The normalized spacial score (nSPS) is 10.6. The van der Waals surface area contributed by atoms with Crippen molar-refractivity contribution in [2.24, 2.45) is 5.18 Å². The van der Waals surface area contributed by atoms with Gasteiger partial charge in [-0.25, -0.2) is 0 Å². The van der Waals surface area contributed by atoms with Crippen LogP contribution in [0.4, 0.5) is 0 Å². The number of methoxy groups -OCH3 is 1. The molecule has 0 radical (unpaired) electrons. The zero-order valence-corrected chi connectivity index (χ0v) is 15.0. The number of ether oxygens (including phenoxy) is 1. The molecule has 0 aliphatic rings. The van der Waals surface area contributed by atoms with Crippen LogP contribution >= 0.6 is 11.8 Å².